The Morgan fingerprint density at radius 2 is 2.10 bits per heavy atom. The Labute approximate surface area is 119 Å². The quantitative estimate of drug-likeness (QED) is 0.824. The van der Waals surface area contributed by atoms with Crippen molar-refractivity contribution in [1.29, 1.82) is 0 Å². The maximum absolute atomic E-state index is 12.8. The van der Waals surface area contributed by atoms with E-state index >= 15 is 0 Å². The molecule has 3 unspecified atom stereocenters. The highest BCUT2D eigenvalue weighted by atomic mass is 19.4. The van der Waals surface area contributed by atoms with Crippen molar-refractivity contribution in [3.8, 4) is 0 Å². The molecule has 1 aromatic carbocycles. The molecule has 2 fully saturated rings. The van der Waals surface area contributed by atoms with E-state index in [2.05, 4.69) is 5.32 Å². The van der Waals surface area contributed by atoms with Gasteiger partial charge in [-0.05, 0) is 31.4 Å². The molecule has 2 aliphatic heterocycles. The molecule has 0 aliphatic carbocycles. The average Bonchev–Trinajstić information content (AvgIpc) is 2.99. The van der Waals surface area contributed by atoms with Crippen LogP contribution in [0.5, 0.6) is 0 Å². The van der Waals surface area contributed by atoms with Gasteiger partial charge in [0.25, 0.3) is 5.91 Å². The summed E-state index contributed by atoms with van der Waals surface area (Å²) in [6, 6.07) is 3.21. The third-order valence-electron chi connectivity index (χ3n) is 4.08. The zero-order valence-corrected chi connectivity index (χ0v) is 11.1. The minimum absolute atomic E-state index is 0.0361. The summed E-state index contributed by atoms with van der Waals surface area (Å²) >= 11 is 0. The standard InChI is InChI=1S/C14H15F3N2O2/c15-14(16,17)9-3-1-2-8(12(9)18)13(20)19-10-6-7-4-5-11(10)21-7/h1-3,7,10-11H,4-6,18H2,(H,19,20). The number of nitrogens with one attached hydrogen (secondary N) is 1. The number of halogens is 3. The van der Waals surface area contributed by atoms with Crippen molar-refractivity contribution in [2.45, 2.75) is 43.7 Å². The van der Waals surface area contributed by atoms with Crippen LogP contribution in [0.2, 0.25) is 0 Å². The first-order valence-electron chi connectivity index (χ1n) is 6.78. The lowest BCUT2D eigenvalue weighted by Gasteiger charge is -2.21. The van der Waals surface area contributed by atoms with Gasteiger partial charge in [-0.1, -0.05) is 6.07 Å². The number of para-hydroxylation sites is 1. The largest absolute Gasteiger partial charge is 0.418 e. The number of benzene rings is 1. The molecule has 0 aromatic heterocycles. The lowest BCUT2D eigenvalue weighted by atomic mass is 9.95. The predicted molar refractivity (Wildman–Crippen MR) is 69.6 cm³/mol. The van der Waals surface area contributed by atoms with Gasteiger partial charge in [-0.25, -0.2) is 0 Å². The van der Waals surface area contributed by atoms with Gasteiger partial charge in [-0.15, -0.1) is 0 Å². The molecule has 2 saturated heterocycles. The molecule has 2 aliphatic rings. The van der Waals surface area contributed by atoms with Crippen LogP contribution in [0, 0.1) is 0 Å². The normalized spacial score (nSPS) is 27.9. The molecule has 2 heterocycles. The van der Waals surface area contributed by atoms with Gasteiger partial charge < -0.3 is 15.8 Å². The summed E-state index contributed by atoms with van der Waals surface area (Å²) in [5.74, 6) is -0.584. The number of nitrogens with two attached hydrogens (primary N) is 1. The van der Waals surface area contributed by atoms with E-state index in [-0.39, 0.29) is 23.8 Å². The molecule has 3 atom stereocenters. The predicted octanol–water partition coefficient (Wildman–Crippen LogP) is 2.34. The number of carbonyl (C=O) groups excluding carboxylic acids is 1. The molecule has 21 heavy (non-hydrogen) atoms. The first-order chi connectivity index (χ1) is 9.86. The van der Waals surface area contributed by atoms with Crippen LogP contribution < -0.4 is 11.1 Å². The maximum atomic E-state index is 12.8. The van der Waals surface area contributed by atoms with Gasteiger partial charge in [0, 0.05) is 0 Å². The number of nitrogen functional groups attached to an aromatic ring is 1. The SMILES string of the molecule is Nc1c(C(=O)NC2CC3CCC2O3)cccc1C(F)(F)F. The molecule has 0 radical (unpaired) electrons. The van der Waals surface area contributed by atoms with Crippen LogP contribution in [-0.4, -0.2) is 24.2 Å². The molecule has 1 aromatic rings. The third-order valence-corrected chi connectivity index (χ3v) is 4.08. The van der Waals surface area contributed by atoms with Gasteiger partial charge in [0.1, 0.15) is 0 Å². The number of ether oxygens (including phenoxy) is 1. The summed E-state index contributed by atoms with van der Waals surface area (Å²) in [6.45, 7) is 0. The zero-order chi connectivity index (χ0) is 15.2. The van der Waals surface area contributed by atoms with Crippen LogP contribution in [0.3, 0.4) is 0 Å². The van der Waals surface area contributed by atoms with Crippen molar-refractivity contribution in [1.82, 2.24) is 5.32 Å². The van der Waals surface area contributed by atoms with Crippen LogP contribution >= 0.6 is 0 Å². The molecule has 3 N–H and O–H groups in total. The van der Waals surface area contributed by atoms with Crippen molar-refractivity contribution >= 4 is 11.6 Å². The van der Waals surface area contributed by atoms with Gasteiger partial charge in [0.05, 0.1) is 35.1 Å². The number of amides is 1. The summed E-state index contributed by atoms with van der Waals surface area (Å²) in [6.07, 6.45) is -1.91. The van der Waals surface area contributed by atoms with Crippen molar-refractivity contribution in [2.75, 3.05) is 5.73 Å². The second-order valence-electron chi connectivity index (χ2n) is 5.45. The fraction of sp³-hybridized carbons (Fsp3) is 0.500. The van der Waals surface area contributed by atoms with Gasteiger partial charge >= 0.3 is 6.18 Å². The van der Waals surface area contributed by atoms with Gasteiger partial charge in [0.15, 0.2) is 0 Å². The van der Waals surface area contributed by atoms with E-state index in [1.54, 1.807) is 0 Å². The summed E-state index contributed by atoms with van der Waals surface area (Å²) in [5.41, 5.74) is 3.84. The minimum atomic E-state index is -4.57. The topological polar surface area (TPSA) is 64.4 Å². The zero-order valence-electron chi connectivity index (χ0n) is 11.1. The van der Waals surface area contributed by atoms with Crippen LogP contribution in [0.4, 0.5) is 18.9 Å². The maximum Gasteiger partial charge on any atom is 0.418 e. The van der Waals surface area contributed by atoms with Crippen LogP contribution in [0.1, 0.15) is 35.2 Å². The van der Waals surface area contributed by atoms with Gasteiger partial charge in [0.2, 0.25) is 0 Å². The number of hydrogen-bond acceptors (Lipinski definition) is 3. The summed E-state index contributed by atoms with van der Waals surface area (Å²) in [7, 11) is 0. The summed E-state index contributed by atoms with van der Waals surface area (Å²) < 4.78 is 44.0. The van der Waals surface area contributed by atoms with Crippen molar-refractivity contribution in [3.63, 3.8) is 0 Å². The molecule has 2 bridgehead atoms. The van der Waals surface area contributed by atoms with Crippen molar-refractivity contribution < 1.29 is 22.7 Å². The van der Waals surface area contributed by atoms with E-state index in [4.69, 9.17) is 10.5 Å². The lowest BCUT2D eigenvalue weighted by molar-refractivity contribution is -0.136. The second-order valence-corrected chi connectivity index (χ2v) is 5.45. The summed E-state index contributed by atoms with van der Waals surface area (Å²) in [4.78, 5) is 12.2. The lowest BCUT2D eigenvalue weighted by Crippen LogP contribution is -2.41. The van der Waals surface area contributed by atoms with E-state index in [0.29, 0.717) is 6.42 Å². The first kappa shape index (κ1) is 14.2. The van der Waals surface area contributed by atoms with Crippen LogP contribution in [-0.2, 0) is 10.9 Å². The number of rotatable bonds is 2. The Morgan fingerprint density at radius 1 is 1.33 bits per heavy atom. The number of alkyl halides is 3. The highest BCUT2D eigenvalue weighted by Crippen LogP contribution is 2.36. The van der Waals surface area contributed by atoms with Crippen molar-refractivity contribution in [2.24, 2.45) is 0 Å². The molecular weight excluding hydrogens is 285 g/mol. The minimum Gasteiger partial charge on any atom is -0.398 e. The second kappa shape index (κ2) is 4.91. The average molecular weight is 300 g/mol. The highest BCUT2D eigenvalue weighted by molar-refractivity contribution is 6.00. The molecule has 0 saturated carbocycles. The van der Waals surface area contributed by atoms with E-state index in [1.165, 1.54) is 12.1 Å². The molecule has 0 spiro atoms. The Morgan fingerprint density at radius 3 is 2.67 bits per heavy atom. The smallest absolute Gasteiger partial charge is 0.398 e. The fourth-order valence-corrected chi connectivity index (χ4v) is 3.05. The van der Waals surface area contributed by atoms with Crippen molar-refractivity contribution in [3.05, 3.63) is 29.3 Å². The fourth-order valence-electron chi connectivity index (χ4n) is 3.05. The highest BCUT2D eigenvalue weighted by Gasteiger charge is 2.42. The van der Waals surface area contributed by atoms with E-state index < -0.39 is 23.3 Å². The summed E-state index contributed by atoms with van der Waals surface area (Å²) in [5, 5.41) is 2.73. The Hall–Kier alpha value is -1.76. The van der Waals surface area contributed by atoms with Crippen LogP contribution in [0.25, 0.3) is 0 Å². The molecule has 3 rings (SSSR count). The van der Waals surface area contributed by atoms with Crippen LogP contribution in [0.15, 0.2) is 18.2 Å². The van der Waals surface area contributed by atoms with E-state index in [1.807, 2.05) is 0 Å². The van der Waals surface area contributed by atoms with E-state index in [0.717, 1.165) is 18.9 Å². The molecule has 1 amide bonds. The van der Waals surface area contributed by atoms with Gasteiger partial charge in [-0.3, -0.25) is 4.79 Å². The molecule has 4 nitrogen and oxygen atoms in total. The monoisotopic (exact) mass is 300 g/mol. The number of hydrogen-bond donors (Lipinski definition) is 2. The van der Waals surface area contributed by atoms with E-state index in [9.17, 15) is 18.0 Å². The van der Waals surface area contributed by atoms with Gasteiger partial charge in [-0.2, -0.15) is 13.2 Å². The number of carbonyl (C=O) groups is 1. The Kier molecular flexibility index (Phi) is 3.32. The Bertz CT molecular complexity index is 574. The number of anilines is 1. The molecule has 114 valence electrons. The molecule has 7 heteroatoms. The first-order valence-corrected chi connectivity index (χ1v) is 6.78. The molecular formula is C14H15F3N2O2. The third kappa shape index (κ3) is 2.57. The Balaban J connectivity index is 1.79. The number of fused-ring (bicyclic) bond motifs is 2.